The number of alkyl halides is 3. The number of benzene rings is 1. The summed E-state index contributed by atoms with van der Waals surface area (Å²) in [4.78, 5) is 0. The van der Waals surface area contributed by atoms with Gasteiger partial charge in [-0.05, 0) is 25.1 Å². The summed E-state index contributed by atoms with van der Waals surface area (Å²) >= 11 is 6.03. The van der Waals surface area contributed by atoms with Gasteiger partial charge in [0.2, 0.25) is 0 Å². The van der Waals surface area contributed by atoms with Crippen molar-refractivity contribution in [3.05, 3.63) is 32.7 Å². The third kappa shape index (κ3) is 2.54. The van der Waals surface area contributed by atoms with Crippen molar-refractivity contribution in [2.24, 2.45) is 0 Å². The first-order valence-corrected chi connectivity index (χ1v) is 5.49. The van der Waals surface area contributed by atoms with Crippen LogP contribution in [0.2, 0.25) is 0 Å². The largest absolute Gasteiger partial charge is 0.421 e. The molecular weight excluding hydrogens is 341 g/mol. The predicted molar refractivity (Wildman–Crippen MR) is 57.5 cm³/mol. The highest BCUT2D eigenvalue weighted by molar-refractivity contribution is 9.11. The Morgan fingerprint density at radius 3 is 2.20 bits per heavy atom. The van der Waals surface area contributed by atoms with Crippen LogP contribution in [0.15, 0.2) is 27.1 Å². The second-order valence-corrected chi connectivity index (χ2v) is 4.96. The minimum Gasteiger partial charge on any atom is -0.376 e. The molecule has 0 aliphatic carbocycles. The Morgan fingerprint density at radius 1 is 1.20 bits per heavy atom. The van der Waals surface area contributed by atoms with Crippen LogP contribution >= 0.6 is 31.9 Å². The molecule has 0 saturated carbocycles. The topological polar surface area (TPSA) is 20.2 Å². The molecule has 1 nitrogen and oxygen atoms in total. The SMILES string of the molecule is CC(O)(c1cc(Br)ccc1Br)C(F)(F)F. The standard InChI is InChI=1S/C9H7Br2F3O/c1-8(15,9(12,13)14)6-4-5(10)2-3-7(6)11/h2-4,15H,1H3. The lowest BCUT2D eigenvalue weighted by atomic mass is 9.96. The molecule has 0 saturated heterocycles. The molecule has 84 valence electrons. The van der Waals surface area contributed by atoms with Crippen molar-refractivity contribution in [1.29, 1.82) is 0 Å². The van der Waals surface area contributed by atoms with Gasteiger partial charge in [-0.1, -0.05) is 31.9 Å². The highest BCUT2D eigenvalue weighted by atomic mass is 79.9. The van der Waals surface area contributed by atoms with Gasteiger partial charge in [-0.2, -0.15) is 13.2 Å². The van der Waals surface area contributed by atoms with Gasteiger partial charge in [0.15, 0.2) is 5.60 Å². The summed E-state index contributed by atoms with van der Waals surface area (Å²) in [5, 5.41) is 9.45. The summed E-state index contributed by atoms with van der Waals surface area (Å²) in [7, 11) is 0. The fourth-order valence-corrected chi connectivity index (χ4v) is 2.02. The highest BCUT2D eigenvalue weighted by Gasteiger charge is 2.52. The molecule has 1 unspecified atom stereocenters. The molecule has 0 fully saturated rings. The predicted octanol–water partition coefficient (Wildman–Crippen LogP) is 3.98. The number of halogens is 5. The third-order valence-corrected chi connectivity index (χ3v) is 3.19. The maximum Gasteiger partial charge on any atom is 0.421 e. The molecule has 0 aromatic heterocycles. The Hall–Kier alpha value is -0.0700. The first-order chi connectivity index (χ1) is 6.66. The van der Waals surface area contributed by atoms with Gasteiger partial charge in [0.05, 0.1) is 0 Å². The lowest BCUT2D eigenvalue weighted by Crippen LogP contribution is -2.39. The van der Waals surface area contributed by atoms with Gasteiger partial charge in [-0.3, -0.25) is 0 Å². The summed E-state index contributed by atoms with van der Waals surface area (Å²) in [6, 6.07) is 4.26. The van der Waals surface area contributed by atoms with Crippen molar-refractivity contribution in [2.75, 3.05) is 0 Å². The van der Waals surface area contributed by atoms with E-state index in [1.54, 1.807) is 6.07 Å². The zero-order valence-corrected chi connectivity index (χ0v) is 10.7. The first kappa shape index (κ1) is 13.0. The van der Waals surface area contributed by atoms with Gasteiger partial charge >= 0.3 is 6.18 Å². The number of aliphatic hydroxyl groups is 1. The molecule has 1 rings (SSSR count). The second-order valence-electron chi connectivity index (χ2n) is 3.19. The minimum absolute atomic E-state index is 0.216. The molecule has 15 heavy (non-hydrogen) atoms. The van der Waals surface area contributed by atoms with Gasteiger partial charge in [0.25, 0.3) is 0 Å². The molecule has 0 bridgehead atoms. The smallest absolute Gasteiger partial charge is 0.376 e. The minimum atomic E-state index is -4.71. The van der Waals surface area contributed by atoms with Crippen LogP contribution in [0.25, 0.3) is 0 Å². The van der Waals surface area contributed by atoms with Crippen LogP contribution in [-0.2, 0) is 5.60 Å². The van der Waals surface area contributed by atoms with Gasteiger partial charge in [0.1, 0.15) is 0 Å². The molecular formula is C9H7Br2F3O. The van der Waals surface area contributed by atoms with Crippen LogP contribution < -0.4 is 0 Å². The molecule has 0 amide bonds. The lowest BCUT2D eigenvalue weighted by Gasteiger charge is -2.27. The normalized spacial score (nSPS) is 16.2. The van der Waals surface area contributed by atoms with Crippen molar-refractivity contribution in [3.8, 4) is 0 Å². The molecule has 0 heterocycles. The number of hydrogen-bond acceptors (Lipinski definition) is 1. The summed E-state index contributed by atoms with van der Waals surface area (Å²) in [6.07, 6.45) is -4.71. The molecule has 0 radical (unpaired) electrons. The maximum absolute atomic E-state index is 12.5. The van der Waals surface area contributed by atoms with Crippen LogP contribution in [0.1, 0.15) is 12.5 Å². The first-order valence-electron chi connectivity index (χ1n) is 3.91. The summed E-state index contributed by atoms with van der Waals surface area (Å²) in [5.41, 5.74) is -3.08. The summed E-state index contributed by atoms with van der Waals surface area (Å²) in [6.45, 7) is 0.722. The van der Waals surface area contributed by atoms with E-state index in [1.807, 2.05) is 0 Å². The third-order valence-electron chi connectivity index (χ3n) is 2.00. The van der Waals surface area contributed by atoms with Gasteiger partial charge in [-0.25, -0.2) is 0 Å². The van der Waals surface area contributed by atoms with Crippen LogP contribution in [0.3, 0.4) is 0 Å². The zero-order valence-electron chi connectivity index (χ0n) is 7.57. The van der Waals surface area contributed by atoms with E-state index in [0.717, 1.165) is 6.92 Å². The molecule has 0 aliphatic heterocycles. The van der Waals surface area contributed by atoms with Crippen LogP contribution in [-0.4, -0.2) is 11.3 Å². The van der Waals surface area contributed by atoms with Gasteiger partial charge in [0, 0.05) is 14.5 Å². The van der Waals surface area contributed by atoms with Crippen molar-refractivity contribution < 1.29 is 18.3 Å². The van der Waals surface area contributed by atoms with Crippen LogP contribution in [0.4, 0.5) is 13.2 Å². The van der Waals surface area contributed by atoms with E-state index < -0.39 is 11.8 Å². The Labute approximate surface area is 102 Å². The lowest BCUT2D eigenvalue weighted by molar-refractivity contribution is -0.259. The van der Waals surface area contributed by atoms with Crippen molar-refractivity contribution in [2.45, 2.75) is 18.7 Å². The van der Waals surface area contributed by atoms with Crippen molar-refractivity contribution in [3.63, 3.8) is 0 Å². The van der Waals surface area contributed by atoms with Gasteiger partial charge < -0.3 is 5.11 Å². The average Bonchev–Trinajstić information content (AvgIpc) is 2.07. The molecule has 1 atom stereocenters. The van der Waals surface area contributed by atoms with E-state index in [0.29, 0.717) is 4.47 Å². The van der Waals surface area contributed by atoms with E-state index in [1.165, 1.54) is 12.1 Å². The molecule has 0 aliphatic rings. The second kappa shape index (κ2) is 4.07. The van der Waals surface area contributed by atoms with E-state index in [9.17, 15) is 18.3 Å². The van der Waals surface area contributed by atoms with Crippen LogP contribution in [0.5, 0.6) is 0 Å². The van der Waals surface area contributed by atoms with E-state index in [4.69, 9.17) is 0 Å². The monoisotopic (exact) mass is 346 g/mol. The summed E-state index contributed by atoms with van der Waals surface area (Å²) < 4.78 is 38.3. The Morgan fingerprint density at radius 2 is 1.73 bits per heavy atom. The zero-order chi connectivity index (χ0) is 11.9. The van der Waals surface area contributed by atoms with Crippen molar-refractivity contribution >= 4 is 31.9 Å². The Kier molecular flexibility index (Phi) is 3.52. The van der Waals surface area contributed by atoms with Crippen LogP contribution in [0, 0.1) is 0 Å². The van der Waals surface area contributed by atoms with E-state index in [2.05, 4.69) is 31.9 Å². The molecule has 1 aromatic rings. The van der Waals surface area contributed by atoms with Gasteiger partial charge in [-0.15, -0.1) is 0 Å². The molecule has 1 N–H and O–H groups in total. The Balaban J connectivity index is 3.32. The Bertz CT molecular complexity index is 374. The average molecular weight is 348 g/mol. The fraction of sp³-hybridized carbons (Fsp3) is 0.333. The summed E-state index contributed by atoms with van der Waals surface area (Å²) in [5.74, 6) is 0. The highest BCUT2D eigenvalue weighted by Crippen LogP contribution is 2.42. The van der Waals surface area contributed by atoms with E-state index >= 15 is 0 Å². The fourth-order valence-electron chi connectivity index (χ4n) is 1.02. The quantitative estimate of drug-likeness (QED) is 0.814. The maximum atomic E-state index is 12.5. The number of hydrogen-bond donors (Lipinski definition) is 1. The molecule has 6 heteroatoms. The molecule has 0 spiro atoms. The molecule has 1 aromatic carbocycles. The van der Waals surface area contributed by atoms with E-state index in [-0.39, 0.29) is 10.0 Å². The number of rotatable bonds is 1. The van der Waals surface area contributed by atoms with Crippen molar-refractivity contribution in [1.82, 2.24) is 0 Å².